The Bertz CT molecular complexity index is 607. The molecule has 1 atom stereocenters. The number of nitrogens with one attached hydrogen (secondary N) is 1. The zero-order valence-corrected chi connectivity index (χ0v) is 13.7. The second kappa shape index (κ2) is 7.07. The summed E-state index contributed by atoms with van der Waals surface area (Å²) in [4.78, 5) is 14.4. The molecular formula is C16H22N4OS. The Morgan fingerprint density at radius 2 is 2.45 bits per heavy atom. The molecule has 1 aliphatic heterocycles. The van der Waals surface area contributed by atoms with Crippen LogP contribution in [0.25, 0.3) is 0 Å². The molecule has 0 radical (unpaired) electrons. The number of nitrogens with zero attached hydrogens (tertiary/aromatic N) is 3. The van der Waals surface area contributed by atoms with Gasteiger partial charge in [-0.2, -0.15) is 16.4 Å². The monoisotopic (exact) mass is 318 g/mol. The van der Waals surface area contributed by atoms with Crippen molar-refractivity contribution in [3.05, 3.63) is 40.3 Å². The fourth-order valence-electron chi connectivity index (χ4n) is 3.03. The van der Waals surface area contributed by atoms with E-state index in [9.17, 15) is 4.79 Å². The van der Waals surface area contributed by atoms with Gasteiger partial charge in [0.25, 0.3) is 0 Å². The summed E-state index contributed by atoms with van der Waals surface area (Å²) < 4.78 is 1.83. The van der Waals surface area contributed by atoms with Crippen molar-refractivity contribution in [1.29, 1.82) is 0 Å². The standard InChI is InChI=1S/C16H22N4OS/c1-19-10-14(9-18-19)15-3-2-7-20(15)11-16(21)17-6-4-13-5-8-22-12-13/h5,8-10,12,15H,2-4,6-7,11H2,1H3,(H,17,21). The Morgan fingerprint density at radius 1 is 1.55 bits per heavy atom. The highest BCUT2D eigenvalue weighted by molar-refractivity contribution is 7.07. The Labute approximate surface area is 134 Å². The minimum atomic E-state index is 0.117. The molecule has 1 saturated heterocycles. The summed E-state index contributed by atoms with van der Waals surface area (Å²) in [5, 5.41) is 11.5. The first-order valence-electron chi connectivity index (χ1n) is 7.73. The van der Waals surface area contributed by atoms with Crippen LogP contribution in [0.5, 0.6) is 0 Å². The predicted octanol–water partition coefficient (Wildman–Crippen LogP) is 1.98. The second-order valence-electron chi connectivity index (χ2n) is 5.81. The van der Waals surface area contributed by atoms with E-state index >= 15 is 0 Å². The van der Waals surface area contributed by atoms with E-state index < -0.39 is 0 Å². The lowest BCUT2D eigenvalue weighted by atomic mass is 10.1. The number of amides is 1. The third kappa shape index (κ3) is 3.75. The smallest absolute Gasteiger partial charge is 0.234 e. The zero-order valence-electron chi connectivity index (χ0n) is 12.9. The molecule has 0 aliphatic carbocycles. The van der Waals surface area contributed by atoms with Crippen LogP contribution < -0.4 is 5.32 Å². The minimum Gasteiger partial charge on any atom is -0.355 e. The minimum absolute atomic E-state index is 0.117. The highest BCUT2D eigenvalue weighted by Gasteiger charge is 2.28. The highest BCUT2D eigenvalue weighted by Crippen LogP contribution is 2.30. The Hall–Kier alpha value is -1.66. The maximum atomic E-state index is 12.1. The molecule has 3 rings (SSSR count). The van der Waals surface area contributed by atoms with Gasteiger partial charge in [0.05, 0.1) is 12.7 Å². The van der Waals surface area contributed by atoms with Crippen LogP contribution in [-0.4, -0.2) is 40.2 Å². The first-order valence-corrected chi connectivity index (χ1v) is 8.67. The number of hydrogen-bond donors (Lipinski definition) is 1. The van der Waals surface area contributed by atoms with Gasteiger partial charge in [0.2, 0.25) is 5.91 Å². The maximum absolute atomic E-state index is 12.1. The molecule has 0 aromatic carbocycles. The largest absolute Gasteiger partial charge is 0.355 e. The van der Waals surface area contributed by atoms with Crippen LogP contribution >= 0.6 is 11.3 Å². The fraction of sp³-hybridized carbons (Fsp3) is 0.500. The average Bonchev–Trinajstić information content (AvgIpc) is 3.20. The van der Waals surface area contributed by atoms with Gasteiger partial charge in [-0.05, 0) is 48.2 Å². The third-order valence-electron chi connectivity index (χ3n) is 4.14. The molecule has 6 heteroatoms. The van der Waals surface area contributed by atoms with Crippen LogP contribution in [-0.2, 0) is 18.3 Å². The normalized spacial score (nSPS) is 18.7. The van der Waals surface area contributed by atoms with Crippen LogP contribution in [0, 0.1) is 0 Å². The lowest BCUT2D eigenvalue weighted by Gasteiger charge is -2.22. The molecule has 2 aromatic heterocycles. The number of aryl methyl sites for hydroxylation is 1. The van der Waals surface area contributed by atoms with Crippen LogP contribution in [0.2, 0.25) is 0 Å². The molecule has 5 nitrogen and oxygen atoms in total. The van der Waals surface area contributed by atoms with Crippen molar-refractivity contribution in [2.75, 3.05) is 19.6 Å². The van der Waals surface area contributed by atoms with E-state index in [0.29, 0.717) is 19.1 Å². The van der Waals surface area contributed by atoms with Crippen LogP contribution in [0.4, 0.5) is 0 Å². The number of aromatic nitrogens is 2. The van der Waals surface area contributed by atoms with E-state index in [4.69, 9.17) is 0 Å². The summed E-state index contributed by atoms with van der Waals surface area (Å²) in [6.45, 7) is 2.17. The molecule has 1 aliphatic rings. The fourth-order valence-corrected chi connectivity index (χ4v) is 3.73. The lowest BCUT2D eigenvalue weighted by Crippen LogP contribution is -2.37. The van der Waals surface area contributed by atoms with Gasteiger partial charge in [0.1, 0.15) is 0 Å². The first-order chi connectivity index (χ1) is 10.7. The molecule has 0 saturated carbocycles. The van der Waals surface area contributed by atoms with E-state index in [-0.39, 0.29) is 5.91 Å². The molecular weight excluding hydrogens is 296 g/mol. The topological polar surface area (TPSA) is 50.2 Å². The predicted molar refractivity (Wildman–Crippen MR) is 87.8 cm³/mol. The van der Waals surface area contributed by atoms with Crippen molar-refractivity contribution in [2.24, 2.45) is 7.05 Å². The van der Waals surface area contributed by atoms with Crippen molar-refractivity contribution in [3.8, 4) is 0 Å². The van der Waals surface area contributed by atoms with E-state index in [1.807, 2.05) is 17.9 Å². The number of carbonyl (C=O) groups is 1. The SMILES string of the molecule is Cn1cc(C2CCCN2CC(=O)NCCc2ccsc2)cn1. The maximum Gasteiger partial charge on any atom is 0.234 e. The van der Waals surface area contributed by atoms with Crippen molar-refractivity contribution < 1.29 is 4.79 Å². The van der Waals surface area contributed by atoms with Crippen LogP contribution in [0.1, 0.15) is 30.0 Å². The van der Waals surface area contributed by atoms with Gasteiger partial charge in [-0.3, -0.25) is 14.4 Å². The number of carbonyl (C=O) groups excluding carboxylic acids is 1. The van der Waals surface area contributed by atoms with Crippen LogP contribution in [0.15, 0.2) is 29.2 Å². The van der Waals surface area contributed by atoms with Gasteiger partial charge in [0.15, 0.2) is 0 Å². The van der Waals surface area contributed by atoms with Gasteiger partial charge in [-0.15, -0.1) is 0 Å². The molecule has 1 unspecified atom stereocenters. The third-order valence-corrected chi connectivity index (χ3v) is 4.87. The molecule has 1 fully saturated rings. The number of hydrogen-bond acceptors (Lipinski definition) is 4. The van der Waals surface area contributed by atoms with E-state index in [0.717, 1.165) is 25.8 Å². The number of thiophene rings is 1. The van der Waals surface area contributed by atoms with Gasteiger partial charge in [-0.1, -0.05) is 0 Å². The molecule has 0 spiro atoms. The lowest BCUT2D eigenvalue weighted by molar-refractivity contribution is -0.122. The quantitative estimate of drug-likeness (QED) is 0.886. The number of likely N-dealkylation sites (tertiary alicyclic amines) is 1. The van der Waals surface area contributed by atoms with E-state index in [2.05, 4.69) is 38.3 Å². The summed E-state index contributed by atoms with van der Waals surface area (Å²) in [6.07, 6.45) is 7.12. The summed E-state index contributed by atoms with van der Waals surface area (Å²) >= 11 is 1.70. The second-order valence-corrected chi connectivity index (χ2v) is 6.59. The molecule has 2 aromatic rings. The van der Waals surface area contributed by atoms with E-state index in [1.165, 1.54) is 11.1 Å². The van der Waals surface area contributed by atoms with Gasteiger partial charge in [-0.25, -0.2) is 0 Å². The first kappa shape index (κ1) is 15.2. The Kier molecular flexibility index (Phi) is 4.90. The molecule has 22 heavy (non-hydrogen) atoms. The molecule has 1 amide bonds. The molecule has 1 N–H and O–H groups in total. The van der Waals surface area contributed by atoms with Gasteiger partial charge >= 0.3 is 0 Å². The summed E-state index contributed by atoms with van der Waals surface area (Å²) in [6, 6.07) is 2.44. The molecule has 118 valence electrons. The highest BCUT2D eigenvalue weighted by atomic mass is 32.1. The number of rotatable bonds is 6. The zero-order chi connectivity index (χ0) is 15.4. The van der Waals surface area contributed by atoms with Crippen LogP contribution in [0.3, 0.4) is 0 Å². The van der Waals surface area contributed by atoms with Crippen molar-refractivity contribution in [3.63, 3.8) is 0 Å². The Balaban J connectivity index is 1.47. The average molecular weight is 318 g/mol. The molecule has 0 bridgehead atoms. The van der Waals surface area contributed by atoms with Crippen molar-refractivity contribution in [2.45, 2.75) is 25.3 Å². The Morgan fingerprint density at radius 3 is 3.18 bits per heavy atom. The summed E-state index contributed by atoms with van der Waals surface area (Å²) in [5.41, 5.74) is 2.51. The van der Waals surface area contributed by atoms with Gasteiger partial charge in [0, 0.05) is 31.4 Å². The van der Waals surface area contributed by atoms with E-state index in [1.54, 1.807) is 11.3 Å². The summed E-state index contributed by atoms with van der Waals surface area (Å²) in [7, 11) is 1.93. The molecule has 3 heterocycles. The van der Waals surface area contributed by atoms with Crippen molar-refractivity contribution >= 4 is 17.2 Å². The summed E-state index contributed by atoms with van der Waals surface area (Å²) in [5.74, 6) is 0.117. The van der Waals surface area contributed by atoms with Crippen molar-refractivity contribution in [1.82, 2.24) is 20.0 Å². The van der Waals surface area contributed by atoms with Gasteiger partial charge < -0.3 is 5.32 Å².